The van der Waals surface area contributed by atoms with Crippen LogP contribution in [0.4, 0.5) is 11.4 Å². The number of aryl methyl sites for hydroxylation is 1. The molecule has 0 unspecified atom stereocenters. The lowest BCUT2D eigenvalue weighted by Crippen LogP contribution is -2.40. The van der Waals surface area contributed by atoms with Crippen LogP contribution in [0.5, 0.6) is 0 Å². The van der Waals surface area contributed by atoms with Crippen molar-refractivity contribution in [3.63, 3.8) is 0 Å². The predicted octanol–water partition coefficient (Wildman–Crippen LogP) is 1.67. The van der Waals surface area contributed by atoms with Crippen LogP contribution in [-0.4, -0.2) is 38.4 Å². The second-order valence-electron chi connectivity index (χ2n) is 5.40. The van der Waals surface area contributed by atoms with Crippen LogP contribution >= 0.6 is 11.8 Å². The monoisotopic (exact) mass is 331 g/mol. The van der Waals surface area contributed by atoms with Crippen LogP contribution in [0.2, 0.25) is 0 Å². The van der Waals surface area contributed by atoms with Crippen LogP contribution in [0.25, 0.3) is 0 Å². The zero-order chi connectivity index (χ0) is 16.4. The molecule has 1 aromatic heterocycles. The number of anilines is 2. The Morgan fingerprint density at radius 2 is 2.22 bits per heavy atom. The lowest BCUT2D eigenvalue weighted by Gasteiger charge is -2.27. The maximum atomic E-state index is 12.7. The van der Waals surface area contributed by atoms with Crippen molar-refractivity contribution in [1.82, 2.24) is 14.8 Å². The molecule has 2 amide bonds. The van der Waals surface area contributed by atoms with E-state index in [4.69, 9.17) is 0 Å². The summed E-state index contributed by atoms with van der Waals surface area (Å²) in [5.74, 6) is 0.0926. The van der Waals surface area contributed by atoms with E-state index in [1.165, 1.54) is 11.8 Å². The first-order valence-electron chi connectivity index (χ1n) is 7.24. The van der Waals surface area contributed by atoms with Gasteiger partial charge in [-0.2, -0.15) is 0 Å². The van der Waals surface area contributed by atoms with Crippen LogP contribution in [-0.2, 0) is 16.6 Å². The van der Waals surface area contributed by atoms with Crippen LogP contribution < -0.4 is 10.2 Å². The normalized spacial score (nSPS) is 17.4. The average Bonchev–Trinajstić information content (AvgIpc) is 2.86. The molecular weight excluding hydrogens is 314 g/mol. The number of rotatable bonds is 3. The van der Waals surface area contributed by atoms with E-state index >= 15 is 0 Å². The molecule has 7 nitrogen and oxygen atoms in total. The Labute approximate surface area is 138 Å². The minimum absolute atomic E-state index is 0.0607. The van der Waals surface area contributed by atoms with Gasteiger partial charge in [0.2, 0.25) is 11.8 Å². The van der Waals surface area contributed by atoms with Crippen molar-refractivity contribution in [1.29, 1.82) is 0 Å². The van der Waals surface area contributed by atoms with Crippen molar-refractivity contribution in [2.24, 2.45) is 7.05 Å². The summed E-state index contributed by atoms with van der Waals surface area (Å²) in [6.07, 6.45) is 1.87. The highest BCUT2D eigenvalue weighted by molar-refractivity contribution is 7.99. The lowest BCUT2D eigenvalue weighted by atomic mass is 10.2. The predicted molar refractivity (Wildman–Crippen MR) is 88.4 cm³/mol. The molecule has 2 aromatic rings. The SMILES string of the molecule is C[C@H]1CC(=O)Nc2ccccc2N1C(=O)CSc1nncn1C. The van der Waals surface area contributed by atoms with Gasteiger partial charge in [-0.15, -0.1) is 10.2 Å². The number of thioether (sulfide) groups is 1. The number of fused-ring (bicyclic) bond motifs is 1. The number of hydrogen-bond acceptors (Lipinski definition) is 5. The minimum Gasteiger partial charge on any atom is -0.324 e. The van der Waals surface area contributed by atoms with Crippen LogP contribution in [0.1, 0.15) is 13.3 Å². The summed E-state index contributed by atoms with van der Waals surface area (Å²) in [7, 11) is 1.83. The number of carbonyl (C=O) groups is 2. The molecule has 120 valence electrons. The molecule has 1 aliphatic rings. The molecule has 0 saturated carbocycles. The number of aromatic nitrogens is 3. The van der Waals surface area contributed by atoms with E-state index in [0.717, 1.165) is 5.69 Å². The van der Waals surface area contributed by atoms with E-state index in [1.54, 1.807) is 21.9 Å². The Bertz CT molecular complexity index is 745. The van der Waals surface area contributed by atoms with Gasteiger partial charge in [0, 0.05) is 19.5 Å². The van der Waals surface area contributed by atoms with Gasteiger partial charge in [0.25, 0.3) is 0 Å². The molecule has 1 aromatic carbocycles. The maximum absolute atomic E-state index is 12.7. The third kappa shape index (κ3) is 3.21. The first kappa shape index (κ1) is 15.5. The van der Waals surface area contributed by atoms with Crippen LogP contribution in [0.15, 0.2) is 35.7 Å². The number of para-hydroxylation sites is 2. The summed E-state index contributed by atoms with van der Waals surface area (Å²) in [6.45, 7) is 1.88. The highest BCUT2D eigenvalue weighted by Crippen LogP contribution is 2.32. The van der Waals surface area contributed by atoms with Crippen LogP contribution in [0.3, 0.4) is 0 Å². The topological polar surface area (TPSA) is 80.1 Å². The third-order valence-electron chi connectivity index (χ3n) is 3.62. The number of nitrogens with zero attached hydrogens (tertiary/aromatic N) is 4. The summed E-state index contributed by atoms with van der Waals surface area (Å²) in [4.78, 5) is 26.4. The summed E-state index contributed by atoms with van der Waals surface area (Å²) in [5.41, 5.74) is 1.40. The molecule has 3 rings (SSSR count). The summed E-state index contributed by atoms with van der Waals surface area (Å²) < 4.78 is 1.77. The molecular formula is C15H17N5O2S. The Balaban J connectivity index is 1.83. The molecule has 0 bridgehead atoms. The number of benzene rings is 1. The highest BCUT2D eigenvalue weighted by Gasteiger charge is 2.29. The summed E-state index contributed by atoms with van der Waals surface area (Å²) >= 11 is 1.33. The molecule has 0 saturated heterocycles. The van der Waals surface area contributed by atoms with Crippen molar-refractivity contribution in [3.05, 3.63) is 30.6 Å². The molecule has 1 N–H and O–H groups in total. The Morgan fingerprint density at radius 3 is 2.96 bits per heavy atom. The Hall–Kier alpha value is -2.35. The van der Waals surface area contributed by atoms with E-state index in [-0.39, 0.29) is 30.0 Å². The number of carbonyl (C=O) groups excluding carboxylic acids is 2. The quantitative estimate of drug-likeness (QED) is 0.866. The van der Waals surface area contributed by atoms with E-state index < -0.39 is 0 Å². The van der Waals surface area contributed by atoms with E-state index in [0.29, 0.717) is 10.8 Å². The maximum Gasteiger partial charge on any atom is 0.237 e. The van der Waals surface area contributed by atoms with E-state index in [1.807, 2.05) is 32.2 Å². The second-order valence-corrected chi connectivity index (χ2v) is 6.34. The first-order valence-corrected chi connectivity index (χ1v) is 8.22. The molecule has 0 fully saturated rings. The smallest absolute Gasteiger partial charge is 0.237 e. The van der Waals surface area contributed by atoms with E-state index in [9.17, 15) is 9.59 Å². The molecule has 2 heterocycles. The summed E-state index contributed by atoms with van der Waals surface area (Å²) in [6, 6.07) is 7.15. The fraction of sp³-hybridized carbons (Fsp3) is 0.333. The van der Waals surface area contributed by atoms with Gasteiger partial charge in [0.15, 0.2) is 5.16 Å². The standard InChI is InChI=1S/C15H17N5O2S/c1-10-7-13(21)17-11-5-3-4-6-12(11)20(10)14(22)8-23-15-18-16-9-19(15)2/h3-6,9-10H,7-8H2,1-2H3,(H,17,21)/t10-/m0/s1. The lowest BCUT2D eigenvalue weighted by molar-refractivity contribution is -0.117. The zero-order valence-electron chi connectivity index (χ0n) is 12.9. The van der Waals surface area contributed by atoms with Crippen molar-refractivity contribution in [2.45, 2.75) is 24.5 Å². The molecule has 8 heteroatoms. The van der Waals surface area contributed by atoms with Gasteiger partial charge in [0.1, 0.15) is 6.33 Å². The third-order valence-corrected chi connectivity index (χ3v) is 4.64. The van der Waals surface area contributed by atoms with Crippen molar-refractivity contribution in [2.75, 3.05) is 16.0 Å². The van der Waals surface area contributed by atoms with Crippen LogP contribution in [0, 0.1) is 0 Å². The number of amides is 2. The van der Waals surface area contributed by atoms with Gasteiger partial charge in [-0.1, -0.05) is 23.9 Å². The molecule has 1 atom stereocenters. The number of hydrogen-bond donors (Lipinski definition) is 1. The highest BCUT2D eigenvalue weighted by atomic mass is 32.2. The van der Waals surface area contributed by atoms with Gasteiger partial charge in [0.05, 0.1) is 17.1 Å². The minimum atomic E-state index is -0.203. The second kappa shape index (κ2) is 6.41. The van der Waals surface area contributed by atoms with Gasteiger partial charge in [-0.3, -0.25) is 9.59 Å². The molecule has 0 aliphatic carbocycles. The van der Waals surface area contributed by atoms with E-state index in [2.05, 4.69) is 15.5 Å². The first-order chi connectivity index (χ1) is 11.1. The fourth-order valence-corrected chi connectivity index (χ4v) is 3.31. The molecule has 0 spiro atoms. The number of nitrogens with one attached hydrogen (secondary N) is 1. The summed E-state index contributed by atoms with van der Waals surface area (Å²) in [5, 5.41) is 11.3. The van der Waals surface area contributed by atoms with Crippen molar-refractivity contribution >= 4 is 35.0 Å². The van der Waals surface area contributed by atoms with Gasteiger partial charge >= 0.3 is 0 Å². The Morgan fingerprint density at radius 1 is 1.43 bits per heavy atom. The fourth-order valence-electron chi connectivity index (χ4n) is 2.57. The zero-order valence-corrected chi connectivity index (χ0v) is 13.7. The van der Waals surface area contributed by atoms with Gasteiger partial charge in [-0.05, 0) is 19.1 Å². The molecule has 1 aliphatic heterocycles. The largest absolute Gasteiger partial charge is 0.324 e. The molecule has 0 radical (unpaired) electrons. The van der Waals surface area contributed by atoms with Gasteiger partial charge < -0.3 is 14.8 Å². The average molecular weight is 331 g/mol. The molecule has 23 heavy (non-hydrogen) atoms. The van der Waals surface area contributed by atoms with Crippen molar-refractivity contribution < 1.29 is 9.59 Å². The Kier molecular flexibility index (Phi) is 4.33. The van der Waals surface area contributed by atoms with Gasteiger partial charge in [-0.25, -0.2) is 0 Å². The van der Waals surface area contributed by atoms with Crippen molar-refractivity contribution in [3.8, 4) is 0 Å².